The fourth-order valence-electron chi connectivity index (χ4n) is 1.71. The van der Waals surface area contributed by atoms with Gasteiger partial charge in [-0.2, -0.15) is 0 Å². The molecule has 0 aliphatic rings. The van der Waals surface area contributed by atoms with Crippen LogP contribution >= 0.6 is 0 Å². The Labute approximate surface area is 127 Å². The molecule has 1 aromatic carbocycles. The maximum Gasteiger partial charge on any atom is 0.234 e. The van der Waals surface area contributed by atoms with Crippen molar-refractivity contribution in [2.24, 2.45) is 0 Å². The summed E-state index contributed by atoms with van der Waals surface area (Å²) in [6.07, 6.45) is 3.06. The average Bonchev–Trinajstić information content (AvgIpc) is 2.54. The van der Waals surface area contributed by atoms with Crippen molar-refractivity contribution in [1.29, 1.82) is 0 Å². The van der Waals surface area contributed by atoms with E-state index >= 15 is 0 Å². The fourth-order valence-corrected chi connectivity index (χ4v) is 3.07. The van der Waals surface area contributed by atoms with E-state index in [-0.39, 0.29) is 22.1 Å². The minimum absolute atomic E-state index is 0.0363. The van der Waals surface area contributed by atoms with E-state index in [2.05, 4.69) is 4.98 Å². The highest BCUT2D eigenvalue weighted by Crippen LogP contribution is 2.31. The molecule has 0 spiro atoms. The normalized spacial score (nSPS) is 12.5. The maximum absolute atomic E-state index is 12.5. The summed E-state index contributed by atoms with van der Waals surface area (Å²) in [6, 6.07) is 9.15. The summed E-state index contributed by atoms with van der Waals surface area (Å²) in [5.74, 6) is 0.515. The molecule has 1 heterocycles. The van der Waals surface area contributed by atoms with Crippen LogP contribution in [0.15, 0.2) is 53.7 Å². The summed E-state index contributed by atoms with van der Waals surface area (Å²) >= 11 is 0. The van der Waals surface area contributed by atoms with Crippen LogP contribution in [-0.4, -0.2) is 35.5 Å². The van der Waals surface area contributed by atoms with E-state index in [1.807, 2.05) is 0 Å². The zero-order valence-corrected chi connectivity index (χ0v) is 12.5. The smallest absolute Gasteiger partial charge is 0.234 e. The molecule has 0 saturated heterocycles. The molecule has 0 fully saturated rings. The van der Waals surface area contributed by atoms with Crippen molar-refractivity contribution in [3.63, 3.8) is 0 Å². The summed E-state index contributed by atoms with van der Waals surface area (Å²) in [5.41, 5.74) is 0. The first-order valence-electron chi connectivity index (χ1n) is 6.30. The van der Waals surface area contributed by atoms with Gasteiger partial charge < -0.3 is 4.74 Å². The van der Waals surface area contributed by atoms with Crippen molar-refractivity contribution in [1.82, 2.24) is 10.0 Å². The lowest BCUT2D eigenvalue weighted by molar-refractivity contribution is -0.151. The molecular weight excluding hydrogens is 308 g/mol. The Morgan fingerprint density at radius 2 is 1.86 bits per heavy atom. The van der Waals surface area contributed by atoms with Crippen LogP contribution in [0.1, 0.15) is 6.92 Å². The number of hydrogen-bond donors (Lipinski definition) is 1. The highest BCUT2D eigenvalue weighted by molar-refractivity contribution is 7.92. The molecule has 1 N–H and O–H groups in total. The van der Waals surface area contributed by atoms with Crippen molar-refractivity contribution >= 4 is 16.2 Å². The van der Waals surface area contributed by atoms with Gasteiger partial charge in [0.1, 0.15) is 16.4 Å². The minimum atomic E-state index is -4.00. The van der Waals surface area contributed by atoms with Gasteiger partial charge in [0.15, 0.2) is 5.37 Å². The van der Waals surface area contributed by atoms with Crippen LogP contribution < -0.4 is 4.74 Å². The number of hydroxylamine groups is 2. The first kappa shape index (κ1) is 15.9. The molecule has 0 bridgehead atoms. The Morgan fingerprint density at radius 1 is 1.23 bits per heavy atom. The molecule has 1 unspecified atom stereocenters. The summed E-state index contributed by atoms with van der Waals surface area (Å²) in [6.45, 7) is 1.20. The van der Waals surface area contributed by atoms with Crippen molar-refractivity contribution in [3.8, 4) is 11.5 Å². The van der Waals surface area contributed by atoms with Crippen molar-refractivity contribution in [2.75, 3.05) is 0 Å². The molecule has 0 saturated carbocycles. The van der Waals surface area contributed by atoms with Crippen LogP contribution in [0.3, 0.4) is 0 Å². The number of aromatic nitrogens is 1. The van der Waals surface area contributed by atoms with Gasteiger partial charge in [0, 0.05) is 12.4 Å². The Hall–Kier alpha value is -2.45. The van der Waals surface area contributed by atoms with E-state index in [1.54, 1.807) is 18.2 Å². The van der Waals surface area contributed by atoms with Crippen LogP contribution in [0.5, 0.6) is 11.5 Å². The lowest BCUT2D eigenvalue weighted by atomic mass is 10.3. The van der Waals surface area contributed by atoms with E-state index in [0.717, 1.165) is 0 Å². The van der Waals surface area contributed by atoms with Gasteiger partial charge in [-0.1, -0.05) is 12.1 Å². The highest BCUT2D eigenvalue weighted by Gasteiger charge is 2.30. The van der Waals surface area contributed by atoms with E-state index in [0.29, 0.717) is 5.75 Å². The average molecular weight is 322 g/mol. The zero-order chi connectivity index (χ0) is 16.2. The molecule has 1 atom stereocenters. The number of amides is 1. The van der Waals surface area contributed by atoms with Crippen molar-refractivity contribution in [3.05, 3.63) is 48.8 Å². The molecule has 8 heteroatoms. The SMILES string of the molecule is CC(N(O)C=O)S(=O)(=O)c1ccccc1Oc1ccncc1. The van der Waals surface area contributed by atoms with Crippen LogP contribution in [0, 0.1) is 0 Å². The number of sulfone groups is 1. The number of nitrogens with zero attached hydrogens (tertiary/aromatic N) is 2. The number of para-hydroxylation sites is 1. The van der Waals surface area contributed by atoms with Gasteiger partial charge in [0.2, 0.25) is 16.2 Å². The predicted molar refractivity (Wildman–Crippen MR) is 77.1 cm³/mol. The van der Waals surface area contributed by atoms with Gasteiger partial charge in [0.05, 0.1) is 0 Å². The van der Waals surface area contributed by atoms with Gasteiger partial charge in [-0.3, -0.25) is 15.0 Å². The van der Waals surface area contributed by atoms with Crippen LogP contribution in [0.2, 0.25) is 0 Å². The van der Waals surface area contributed by atoms with E-state index in [9.17, 15) is 18.4 Å². The Kier molecular flexibility index (Phi) is 4.74. The largest absolute Gasteiger partial charge is 0.456 e. The minimum Gasteiger partial charge on any atom is -0.456 e. The van der Waals surface area contributed by atoms with E-state index < -0.39 is 15.2 Å². The predicted octanol–water partition coefficient (Wildman–Crippen LogP) is 1.84. The number of ether oxygens (including phenoxy) is 1. The second kappa shape index (κ2) is 6.54. The number of hydrogen-bond acceptors (Lipinski definition) is 6. The third-order valence-corrected chi connectivity index (χ3v) is 5.03. The molecule has 0 aliphatic carbocycles. The third kappa shape index (κ3) is 3.23. The summed E-state index contributed by atoms with van der Waals surface area (Å²) in [5, 5.41) is 8.00. The van der Waals surface area contributed by atoms with Gasteiger partial charge in [-0.25, -0.2) is 13.5 Å². The number of carbonyl (C=O) groups excluding carboxylic acids is 1. The first-order valence-corrected chi connectivity index (χ1v) is 7.84. The summed E-state index contributed by atoms with van der Waals surface area (Å²) < 4.78 is 30.5. The Morgan fingerprint density at radius 3 is 2.50 bits per heavy atom. The van der Waals surface area contributed by atoms with Crippen LogP contribution in [-0.2, 0) is 14.6 Å². The topological polar surface area (TPSA) is 96.8 Å². The molecular formula is C14H14N2O5S. The Balaban J connectivity index is 2.42. The lowest BCUT2D eigenvalue weighted by Gasteiger charge is -2.20. The summed E-state index contributed by atoms with van der Waals surface area (Å²) in [4.78, 5) is 14.3. The molecule has 22 heavy (non-hydrogen) atoms. The van der Waals surface area contributed by atoms with Crippen LogP contribution in [0.4, 0.5) is 0 Å². The monoisotopic (exact) mass is 322 g/mol. The molecule has 0 aliphatic heterocycles. The number of benzene rings is 1. The quantitative estimate of drug-likeness (QED) is 0.495. The molecule has 2 aromatic rings. The molecule has 2 rings (SSSR count). The van der Waals surface area contributed by atoms with E-state index in [1.165, 1.54) is 37.5 Å². The highest BCUT2D eigenvalue weighted by atomic mass is 32.2. The van der Waals surface area contributed by atoms with Crippen LogP contribution in [0.25, 0.3) is 0 Å². The van der Waals surface area contributed by atoms with Gasteiger partial charge >= 0.3 is 0 Å². The standard InChI is InChI=1S/C14H14N2O5S/c1-11(16(18)10-17)22(19,20)14-5-3-2-4-13(14)21-12-6-8-15-9-7-12/h2-11,18H,1H3. The lowest BCUT2D eigenvalue weighted by Crippen LogP contribution is -2.35. The molecule has 1 aromatic heterocycles. The zero-order valence-electron chi connectivity index (χ0n) is 11.7. The molecule has 1 amide bonds. The second-order valence-corrected chi connectivity index (χ2v) is 6.57. The van der Waals surface area contributed by atoms with Gasteiger partial charge in [-0.15, -0.1) is 0 Å². The van der Waals surface area contributed by atoms with Gasteiger partial charge in [-0.05, 0) is 31.2 Å². The number of carbonyl (C=O) groups is 1. The second-order valence-electron chi connectivity index (χ2n) is 4.36. The molecule has 7 nitrogen and oxygen atoms in total. The fraction of sp³-hybridized carbons (Fsp3) is 0.143. The first-order chi connectivity index (χ1) is 10.5. The number of rotatable bonds is 6. The number of pyridine rings is 1. The van der Waals surface area contributed by atoms with Crippen molar-refractivity contribution in [2.45, 2.75) is 17.2 Å². The summed E-state index contributed by atoms with van der Waals surface area (Å²) in [7, 11) is -4.00. The molecule has 116 valence electrons. The maximum atomic E-state index is 12.5. The molecule has 0 radical (unpaired) electrons. The van der Waals surface area contributed by atoms with E-state index in [4.69, 9.17) is 4.74 Å². The third-order valence-electron chi connectivity index (χ3n) is 2.96. The van der Waals surface area contributed by atoms with Gasteiger partial charge in [0.25, 0.3) is 0 Å². The Bertz CT molecular complexity index is 749. The van der Waals surface area contributed by atoms with Crippen molar-refractivity contribution < 1.29 is 23.2 Å².